The Bertz CT molecular complexity index is 1740. The molecule has 4 N–H and O–H groups in total. The predicted molar refractivity (Wildman–Crippen MR) is 142 cm³/mol. The number of aliphatic hydroxyl groups excluding tert-OH is 1. The van der Waals surface area contributed by atoms with Gasteiger partial charge < -0.3 is 15.4 Å². The topological polar surface area (TPSA) is 115 Å². The van der Waals surface area contributed by atoms with Crippen LogP contribution in [0.15, 0.2) is 73.3 Å². The van der Waals surface area contributed by atoms with E-state index in [1.54, 1.807) is 30.9 Å². The second-order valence-corrected chi connectivity index (χ2v) is 9.31. The summed E-state index contributed by atoms with van der Waals surface area (Å²) in [5.74, 6) is 0.329. The van der Waals surface area contributed by atoms with Gasteiger partial charge in [-0.1, -0.05) is 32.0 Å². The van der Waals surface area contributed by atoms with Gasteiger partial charge in [0.2, 0.25) is 0 Å². The molecule has 4 heterocycles. The molecular formula is C28H24FN7O. The van der Waals surface area contributed by atoms with Crippen molar-refractivity contribution < 1.29 is 9.50 Å². The molecule has 0 saturated carbocycles. The summed E-state index contributed by atoms with van der Waals surface area (Å²) in [7, 11) is 0. The van der Waals surface area contributed by atoms with Crippen molar-refractivity contribution in [2.75, 3.05) is 5.32 Å². The quantitative estimate of drug-likeness (QED) is 0.219. The molecule has 9 heteroatoms. The standard InChI is InChI=1S/C28H24FN7O/c1-15(2)28(37)32-20-9-18(11-30-12-20)16-6-7-23-21(10-16)26(36-35-23)27-33-24-14-31-13-22(25(24)34-27)17-4-3-5-19(29)8-17/h3-15,28,32,37H,1-2H3,(H,33,34)(H,35,36). The van der Waals surface area contributed by atoms with Crippen LogP contribution in [-0.2, 0) is 0 Å². The Morgan fingerprint density at radius 1 is 0.892 bits per heavy atom. The Labute approximate surface area is 211 Å². The molecule has 6 aromatic rings. The highest BCUT2D eigenvalue weighted by molar-refractivity contribution is 5.98. The van der Waals surface area contributed by atoms with Crippen LogP contribution in [0, 0.1) is 11.7 Å². The number of hydrogen-bond donors (Lipinski definition) is 4. The van der Waals surface area contributed by atoms with Gasteiger partial charge in [0.05, 0.1) is 34.6 Å². The number of pyridine rings is 2. The molecule has 8 nitrogen and oxygen atoms in total. The zero-order valence-electron chi connectivity index (χ0n) is 20.2. The van der Waals surface area contributed by atoms with E-state index in [1.807, 2.05) is 44.2 Å². The normalized spacial score (nSPS) is 12.5. The Morgan fingerprint density at radius 3 is 2.59 bits per heavy atom. The van der Waals surface area contributed by atoms with Gasteiger partial charge in [-0.2, -0.15) is 5.10 Å². The van der Waals surface area contributed by atoms with Crippen molar-refractivity contribution in [3.8, 4) is 33.8 Å². The van der Waals surface area contributed by atoms with Crippen molar-refractivity contribution in [3.05, 3.63) is 79.1 Å². The number of rotatable bonds is 6. The minimum atomic E-state index is -0.667. The van der Waals surface area contributed by atoms with E-state index >= 15 is 0 Å². The molecule has 6 rings (SSSR count). The number of fused-ring (bicyclic) bond motifs is 2. The van der Waals surface area contributed by atoms with Crippen LogP contribution in [0.25, 0.3) is 55.7 Å². The first-order valence-corrected chi connectivity index (χ1v) is 11.9. The Balaban J connectivity index is 1.41. The first-order chi connectivity index (χ1) is 18.0. The number of anilines is 1. The van der Waals surface area contributed by atoms with Gasteiger partial charge in [-0.3, -0.25) is 15.1 Å². The fraction of sp³-hybridized carbons (Fsp3) is 0.143. The molecule has 4 aromatic heterocycles. The fourth-order valence-corrected chi connectivity index (χ4v) is 4.30. The summed E-state index contributed by atoms with van der Waals surface area (Å²) in [5.41, 5.74) is 6.97. The van der Waals surface area contributed by atoms with E-state index in [1.165, 1.54) is 12.1 Å². The lowest BCUT2D eigenvalue weighted by molar-refractivity contribution is 0.153. The number of nitrogens with one attached hydrogen (secondary N) is 3. The van der Waals surface area contributed by atoms with Crippen LogP contribution in [0.4, 0.5) is 10.1 Å². The van der Waals surface area contributed by atoms with Crippen LogP contribution >= 0.6 is 0 Å². The number of aromatic nitrogens is 6. The fourth-order valence-electron chi connectivity index (χ4n) is 4.30. The molecule has 184 valence electrons. The van der Waals surface area contributed by atoms with Gasteiger partial charge in [-0.15, -0.1) is 0 Å². The maximum atomic E-state index is 13.9. The second kappa shape index (κ2) is 9.11. The van der Waals surface area contributed by atoms with Gasteiger partial charge in [-0.05, 0) is 47.4 Å². The van der Waals surface area contributed by atoms with Crippen molar-refractivity contribution in [1.29, 1.82) is 0 Å². The third-order valence-corrected chi connectivity index (χ3v) is 6.33. The first-order valence-electron chi connectivity index (χ1n) is 11.9. The smallest absolute Gasteiger partial charge is 0.159 e. The highest BCUT2D eigenvalue weighted by Gasteiger charge is 2.17. The monoisotopic (exact) mass is 493 g/mol. The zero-order valence-corrected chi connectivity index (χ0v) is 20.2. The molecule has 0 spiro atoms. The second-order valence-electron chi connectivity index (χ2n) is 9.31. The number of halogens is 1. The summed E-state index contributed by atoms with van der Waals surface area (Å²) < 4.78 is 13.9. The highest BCUT2D eigenvalue weighted by atomic mass is 19.1. The summed E-state index contributed by atoms with van der Waals surface area (Å²) in [6.07, 6.45) is 6.19. The predicted octanol–water partition coefficient (Wildman–Crippen LogP) is 5.76. The van der Waals surface area contributed by atoms with Crippen molar-refractivity contribution in [1.82, 2.24) is 30.1 Å². The molecule has 0 saturated heterocycles. The van der Waals surface area contributed by atoms with Crippen molar-refractivity contribution >= 4 is 27.6 Å². The SMILES string of the molecule is CC(C)C(O)Nc1cncc(-c2ccc3[nH]nc(-c4nc5c(-c6cccc(F)c6)cncc5[nH]4)c3c2)c1. The summed E-state index contributed by atoms with van der Waals surface area (Å²) in [4.78, 5) is 16.8. The van der Waals surface area contributed by atoms with Crippen molar-refractivity contribution in [3.63, 3.8) is 0 Å². The van der Waals surface area contributed by atoms with Crippen LogP contribution in [0.1, 0.15) is 13.8 Å². The summed E-state index contributed by atoms with van der Waals surface area (Å²) >= 11 is 0. The number of nitrogens with zero attached hydrogens (tertiary/aromatic N) is 4. The Hall–Kier alpha value is -4.63. The molecule has 2 aromatic carbocycles. The Kier molecular flexibility index (Phi) is 5.61. The third kappa shape index (κ3) is 4.30. The van der Waals surface area contributed by atoms with Crippen LogP contribution in [-0.4, -0.2) is 41.5 Å². The third-order valence-electron chi connectivity index (χ3n) is 6.33. The van der Waals surface area contributed by atoms with E-state index in [2.05, 4.69) is 30.5 Å². The van der Waals surface area contributed by atoms with Crippen molar-refractivity contribution in [2.45, 2.75) is 20.1 Å². The van der Waals surface area contributed by atoms with Crippen LogP contribution < -0.4 is 5.32 Å². The highest BCUT2D eigenvalue weighted by Crippen LogP contribution is 2.33. The maximum absolute atomic E-state index is 13.9. The lowest BCUT2D eigenvalue weighted by Gasteiger charge is -2.17. The minimum Gasteiger partial charge on any atom is -0.374 e. The lowest BCUT2D eigenvalue weighted by Crippen LogP contribution is -2.24. The molecule has 0 bridgehead atoms. The first kappa shape index (κ1) is 22.8. The van der Waals surface area contributed by atoms with Gasteiger partial charge in [0.1, 0.15) is 17.7 Å². The van der Waals surface area contributed by atoms with Gasteiger partial charge in [0, 0.05) is 28.9 Å². The van der Waals surface area contributed by atoms with Gasteiger partial charge >= 0.3 is 0 Å². The molecule has 0 aliphatic rings. The molecule has 37 heavy (non-hydrogen) atoms. The van der Waals surface area contributed by atoms with Crippen molar-refractivity contribution in [2.24, 2.45) is 5.92 Å². The van der Waals surface area contributed by atoms with E-state index in [9.17, 15) is 9.50 Å². The van der Waals surface area contributed by atoms with Gasteiger partial charge in [0.15, 0.2) is 5.82 Å². The van der Waals surface area contributed by atoms with Crippen LogP contribution in [0.5, 0.6) is 0 Å². The number of hydrogen-bond acceptors (Lipinski definition) is 6. The largest absolute Gasteiger partial charge is 0.374 e. The van der Waals surface area contributed by atoms with Gasteiger partial charge in [-0.25, -0.2) is 9.37 Å². The average Bonchev–Trinajstić information content (AvgIpc) is 3.52. The lowest BCUT2D eigenvalue weighted by atomic mass is 10.0. The Morgan fingerprint density at radius 2 is 1.76 bits per heavy atom. The molecule has 0 radical (unpaired) electrons. The molecule has 0 fully saturated rings. The number of aromatic amines is 2. The maximum Gasteiger partial charge on any atom is 0.159 e. The summed E-state index contributed by atoms with van der Waals surface area (Å²) in [5, 5.41) is 21.8. The molecule has 0 aliphatic carbocycles. The van der Waals surface area contributed by atoms with Crippen LogP contribution in [0.2, 0.25) is 0 Å². The molecule has 1 atom stereocenters. The van der Waals surface area contributed by atoms with E-state index in [4.69, 9.17) is 4.98 Å². The average molecular weight is 494 g/mol. The van der Waals surface area contributed by atoms with Gasteiger partial charge in [0.25, 0.3) is 0 Å². The minimum absolute atomic E-state index is 0.0638. The number of aliphatic hydroxyl groups is 1. The van der Waals surface area contributed by atoms with E-state index in [0.717, 1.165) is 38.8 Å². The van der Waals surface area contributed by atoms with E-state index < -0.39 is 6.23 Å². The zero-order chi connectivity index (χ0) is 25.5. The molecule has 0 aliphatic heterocycles. The summed E-state index contributed by atoms with van der Waals surface area (Å²) in [6.45, 7) is 3.89. The van der Waals surface area contributed by atoms with Crippen LogP contribution in [0.3, 0.4) is 0 Å². The van der Waals surface area contributed by atoms with E-state index in [0.29, 0.717) is 22.6 Å². The molecule has 1 unspecified atom stereocenters. The number of imidazole rings is 1. The summed E-state index contributed by atoms with van der Waals surface area (Å²) in [6, 6.07) is 14.3. The number of H-pyrrole nitrogens is 2. The van der Waals surface area contributed by atoms with E-state index in [-0.39, 0.29) is 11.7 Å². The number of benzene rings is 2. The molecule has 0 amide bonds. The molecular weight excluding hydrogens is 469 g/mol.